The number of amides is 1. The molecular weight excluding hydrogens is 326 g/mol. The quantitative estimate of drug-likeness (QED) is 0.800. The van der Waals surface area contributed by atoms with Gasteiger partial charge in [-0.1, -0.05) is 12.1 Å². The molecule has 1 amide bonds. The van der Waals surface area contributed by atoms with Crippen molar-refractivity contribution in [1.82, 2.24) is 20.4 Å². The van der Waals surface area contributed by atoms with Crippen LogP contribution in [-0.2, 0) is 0 Å². The van der Waals surface area contributed by atoms with Crippen LogP contribution in [0.4, 0.5) is 5.69 Å². The van der Waals surface area contributed by atoms with Crippen LogP contribution in [0.15, 0.2) is 36.5 Å². The lowest BCUT2D eigenvalue weighted by atomic mass is 10.1. The minimum atomic E-state index is -0.104. The number of likely N-dealkylation sites (N-methyl/N-ethyl adjacent to an activating group) is 1. The zero-order valence-electron chi connectivity index (χ0n) is 15.7. The van der Waals surface area contributed by atoms with Gasteiger partial charge < -0.3 is 15.5 Å². The SMILES string of the molecule is CCN(CCNC(=O)c1ccn(C2CCCNC2)n1)c1cccc(C)c1. The number of carbonyl (C=O) groups is 1. The lowest BCUT2D eigenvalue weighted by Crippen LogP contribution is -2.35. The van der Waals surface area contributed by atoms with Crippen LogP contribution in [0.1, 0.15) is 41.9 Å². The van der Waals surface area contributed by atoms with Gasteiger partial charge in [-0.2, -0.15) is 5.10 Å². The Morgan fingerprint density at radius 2 is 2.31 bits per heavy atom. The maximum Gasteiger partial charge on any atom is 0.271 e. The Bertz CT molecular complexity index is 720. The molecule has 0 radical (unpaired) electrons. The van der Waals surface area contributed by atoms with Crippen LogP contribution >= 0.6 is 0 Å². The maximum absolute atomic E-state index is 12.4. The number of aryl methyl sites for hydroxylation is 1. The van der Waals surface area contributed by atoms with Crippen molar-refractivity contribution < 1.29 is 4.79 Å². The number of nitrogens with one attached hydrogen (secondary N) is 2. The molecule has 1 aromatic heterocycles. The standard InChI is InChI=1S/C20H29N5O/c1-3-24(17-7-4-6-16(2)14-17)13-11-22-20(26)19-9-12-25(23-19)18-8-5-10-21-15-18/h4,6-7,9,12,14,18,21H,3,5,8,10-11,13,15H2,1-2H3,(H,22,26). The van der Waals surface area contributed by atoms with Crippen LogP contribution < -0.4 is 15.5 Å². The third kappa shape index (κ3) is 4.64. The molecule has 1 atom stereocenters. The summed E-state index contributed by atoms with van der Waals surface area (Å²) in [5.41, 5.74) is 2.93. The van der Waals surface area contributed by atoms with Crippen molar-refractivity contribution in [2.75, 3.05) is 37.6 Å². The van der Waals surface area contributed by atoms with E-state index < -0.39 is 0 Å². The highest BCUT2D eigenvalue weighted by Crippen LogP contribution is 2.16. The van der Waals surface area contributed by atoms with Crippen molar-refractivity contribution in [2.24, 2.45) is 0 Å². The van der Waals surface area contributed by atoms with Crippen LogP contribution in [0, 0.1) is 6.92 Å². The van der Waals surface area contributed by atoms with E-state index >= 15 is 0 Å². The molecule has 1 aromatic carbocycles. The molecule has 26 heavy (non-hydrogen) atoms. The number of hydrogen-bond donors (Lipinski definition) is 2. The van der Waals surface area contributed by atoms with Crippen molar-refractivity contribution in [1.29, 1.82) is 0 Å². The third-order valence-electron chi connectivity index (χ3n) is 4.90. The van der Waals surface area contributed by atoms with Gasteiger partial charge in [-0.15, -0.1) is 0 Å². The van der Waals surface area contributed by atoms with E-state index in [4.69, 9.17) is 0 Å². The minimum absolute atomic E-state index is 0.104. The maximum atomic E-state index is 12.4. The van der Waals surface area contributed by atoms with Crippen LogP contribution in [-0.4, -0.2) is 48.4 Å². The summed E-state index contributed by atoms with van der Waals surface area (Å²) in [6.45, 7) is 8.49. The average Bonchev–Trinajstić information content (AvgIpc) is 3.16. The zero-order valence-corrected chi connectivity index (χ0v) is 15.7. The molecule has 0 saturated carbocycles. The van der Waals surface area contributed by atoms with Gasteiger partial charge in [0.25, 0.3) is 5.91 Å². The molecule has 0 aliphatic carbocycles. The molecule has 2 heterocycles. The fraction of sp³-hybridized carbons (Fsp3) is 0.500. The summed E-state index contributed by atoms with van der Waals surface area (Å²) in [6.07, 6.45) is 4.17. The molecule has 3 rings (SSSR count). The number of carbonyl (C=O) groups excluding carboxylic acids is 1. The molecule has 1 saturated heterocycles. The molecule has 2 N–H and O–H groups in total. The van der Waals surface area contributed by atoms with Gasteiger partial charge in [0.2, 0.25) is 0 Å². The van der Waals surface area contributed by atoms with Gasteiger partial charge in [-0.25, -0.2) is 0 Å². The summed E-state index contributed by atoms with van der Waals surface area (Å²) >= 11 is 0. The van der Waals surface area contributed by atoms with Gasteiger partial charge in [-0.05, 0) is 57.0 Å². The van der Waals surface area contributed by atoms with Gasteiger partial charge >= 0.3 is 0 Å². The molecule has 1 unspecified atom stereocenters. The summed E-state index contributed by atoms with van der Waals surface area (Å²) in [5.74, 6) is -0.104. The third-order valence-corrected chi connectivity index (χ3v) is 4.90. The Morgan fingerprint density at radius 3 is 3.04 bits per heavy atom. The van der Waals surface area contributed by atoms with E-state index in [1.54, 1.807) is 0 Å². The summed E-state index contributed by atoms with van der Waals surface area (Å²) in [7, 11) is 0. The zero-order chi connectivity index (χ0) is 18.4. The second-order valence-electron chi connectivity index (χ2n) is 6.86. The van der Waals surface area contributed by atoms with Crippen LogP contribution in [0.3, 0.4) is 0 Å². The number of anilines is 1. The van der Waals surface area contributed by atoms with Crippen molar-refractivity contribution in [3.05, 3.63) is 47.8 Å². The number of piperidine rings is 1. The monoisotopic (exact) mass is 355 g/mol. The highest BCUT2D eigenvalue weighted by atomic mass is 16.1. The molecule has 1 fully saturated rings. The van der Waals surface area contributed by atoms with Gasteiger partial charge in [-0.3, -0.25) is 9.48 Å². The molecule has 0 spiro atoms. The molecule has 6 heteroatoms. The summed E-state index contributed by atoms with van der Waals surface area (Å²) in [5, 5.41) is 10.8. The number of benzene rings is 1. The topological polar surface area (TPSA) is 62.2 Å². The number of hydrogen-bond acceptors (Lipinski definition) is 4. The average molecular weight is 355 g/mol. The van der Waals surface area contributed by atoms with Crippen molar-refractivity contribution in [3.8, 4) is 0 Å². The second-order valence-corrected chi connectivity index (χ2v) is 6.86. The van der Waals surface area contributed by atoms with Crippen LogP contribution in [0.25, 0.3) is 0 Å². The number of rotatable bonds is 7. The van der Waals surface area contributed by atoms with E-state index in [9.17, 15) is 4.79 Å². The van der Waals surface area contributed by atoms with Gasteiger partial charge in [0.05, 0.1) is 6.04 Å². The first-order valence-corrected chi connectivity index (χ1v) is 9.53. The van der Waals surface area contributed by atoms with E-state index in [2.05, 4.69) is 58.7 Å². The normalized spacial score (nSPS) is 17.1. The molecule has 6 nitrogen and oxygen atoms in total. The molecule has 1 aliphatic heterocycles. The highest BCUT2D eigenvalue weighted by molar-refractivity contribution is 5.92. The first-order valence-electron chi connectivity index (χ1n) is 9.53. The fourth-order valence-electron chi connectivity index (χ4n) is 3.41. The summed E-state index contributed by atoms with van der Waals surface area (Å²) < 4.78 is 1.92. The molecule has 1 aliphatic rings. The largest absolute Gasteiger partial charge is 0.370 e. The molecule has 0 bridgehead atoms. The lowest BCUT2D eigenvalue weighted by molar-refractivity contribution is 0.0948. The van der Waals surface area contributed by atoms with Crippen molar-refractivity contribution >= 4 is 11.6 Å². The Morgan fingerprint density at radius 1 is 1.42 bits per heavy atom. The predicted molar refractivity (Wildman–Crippen MR) is 105 cm³/mol. The van der Waals surface area contributed by atoms with E-state index in [1.165, 1.54) is 11.3 Å². The van der Waals surface area contributed by atoms with Gasteiger partial charge in [0.1, 0.15) is 5.69 Å². The minimum Gasteiger partial charge on any atom is -0.370 e. The Labute approximate surface area is 155 Å². The molecular formula is C20H29N5O. The molecule has 2 aromatic rings. The molecule has 140 valence electrons. The van der Waals surface area contributed by atoms with Crippen LogP contribution in [0.2, 0.25) is 0 Å². The van der Waals surface area contributed by atoms with Crippen molar-refractivity contribution in [2.45, 2.75) is 32.7 Å². The second kappa shape index (κ2) is 8.85. The van der Waals surface area contributed by atoms with Crippen molar-refractivity contribution in [3.63, 3.8) is 0 Å². The first kappa shape index (κ1) is 18.5. The number of aromatic nitrogens is 2. The fourth-order valence-corrected chi connectivity index (χ4v) is 3.41. The van der Waals surface area contributed by atoms with Gasteiger partial charge in [0.15, 0.2) is 0 Å². The van der Waals surface area contributed by atoms with E-state index in [1.807, 2.05) is 16.9 Å². The first-order chi connectivity index (χ1) is 12.7. The summed E-state index contributed by atoms with van der Waals surface area (Å²) in [4.78, 5) is 14.6. The lowest BCUT2D eigenvalue weighted by Gasteiger charge is -2.23. The highest BCUT2D eigenvalue weighted by Gasteiger charge is 2.17. The van der Waals surface area contributed by atoms with Gasteiger partial charge in [0, 0.05) is 38.1 Å². The number of nitrogens with zero attached hydrogens (tertiary/aromatic N) is 3. The van der Waals surface area contributed by atoms with E-state index in [-0.39, 0.29) is 5.91 Å². The predicted octanol–water partition coefficient (Wildman–Crippen LogP) is 2.37. The summed E-state index contributed by atoms with van der Waals surface area (Å²) in [6, 6.07) is 10.6. The van der Waals surface area contributed by atoms with E-state index in [0.717, 1.165) is 39.0 Å². The Balaban J connectivity index is 1.51. The van der Waals surface area contributed by atoms with Crippen LogP contribution in [0.5, 0.6) is 0 Å². The Hall–Kier alpha value is -2.34. The van der Waals surface area contributed by atoms with E-state index in [0.29, 0.717) is 18.3 Å². The Kier molecular flexibility index (Phi) is 6.28. The smallest absolute Gasteiger partial charge is 0.271 e.